The topological polar surface area (TPSA) is 85.2 Å². The number of fused-ring (bicyclic) bond motifs is 1. The fourth-order valence-corrected chi connectivity index (χ4v) is 5.01. The van der Waals surface area contributed by atoms with Gasteiger partial charge in [-0.05, 0) is 58.6 Å². The first-order valence-electron chi connectivity index (χ1n) is 9.74. The molecule has 0 aliphatic carbocycles. The van der Waals surface area contributed by atoms with E-state index < -0.39 is 0 Å². The third-order valence-corrected chi connectivity index (χ3v) is 6.62. The predicted molar refractivity (Wildman–Crippen MR) is 119 cm³/mol. The number of rotatable bonds is 3. The van der Waals surface area contributed by atoms with E-state index in [2.05, 4.69) is 30.1 Å². The minimum absolute atomic E-state index is 0. The monoisotopic (exact) mass is 434 g/mol. The van der Waals surface area contributed by atoms with Crippen molar-refractivity contribution in [3.05, 3.63) is 33.1 Å². The molecule has 2 unspecified atom stereocenters. The highest BCUT2D eigenvalue weighted by atomic mass is 35.5. The number of aryl methyl sites for hydroxylation is 3. The predicted octanol–water partition coefficient (Wildman–Crippen LogP) is 4.50. The molecular weight excluding hydrogens is 408 g/mol. The molecule has 156 valence electrons. The third kappa shape index (κ3) is 4.04. The molecule has 1 amide bonds. The molecule has 6 nitrogen and oxygen atoms in total. The number of thiophene rings is 1. The SMILES string of the molecule is Cc1cc(-c2cc(C(=O)N3CCCC(C(C)N)C3)c3c(C)noc3n2)c(C)s1.Cl. The second-order valence-electron chi connectivity index (χ2n) is 7.84. The first-order valence-corrected chi connectivity index (χ1v) is 10.6. The Morgan fingerprint density at radius 2 is 2.10 bits per heavy atom. The summed E-state index contributed by atoms with van der Waals surface area (Å²) in [6.07, 6.45) is 2.04. The van der Waals surface area contributed by atoms with Crippen LogP contribution >= 0.6 is 23.7 Å². The Morgan fingerprint density at radius 1 is 1.34 bits per heavy atom. The molecule has 3 aromatic rings. The Kier molecular flexibility index (Phi) is 6.31. The van der Waals surface area contributed by atoms with Gasteiger partial charge in [-0.3, -0.25) is 4.79 Å². The van der Waals surface area contributed by atoms with Crippen molar-refractivity contribution in [3.8, 4) is 11.3 Å². The molecule has 4 heterocycles. The first-order chi connectivity index (χ1) is 13.3. The maximum absolute atomic E-state index is 13.5. The fourth-order valence-electron chi connectivity index (χ4n) is 4.08. The summed E-state index contributed by atoms with van der Waals surface area (Å²) in [6.45, 7) is 9.47. The molecule has 0 saturated carbocycles. The lowest BCUT2D eigenvalue weighted by Gasteiger charge is -2.34. The van der Waals surface area contributed by atoms with Crippen molar-refractivity contribution in [3.63, 3.8) is 0 Å². The van der Waals surface area contributed by atoms with Gasteiger partial charge in [-0.25, -0.2) is 4.98 Å². The summed E-state index contributed by atoms with van der Waals surface area (Å²) in [4.78, 5) is 22.5. The summed E-state index contributed by atoms with van der Waals surface area (Å²) in [6, 6.07) is 4.09. The number of halogens is 1. The molecule has 0 bridgehead atoms. The van der Waals surface area contributed by atoms with E-state index in [0.717, 1.165) is 30.6 Å². The summed E-state index contributed by atoms with van der Waals surface area (Å²) in [7, 11) is 0. The van der Waals surface area contributed by atoms with Crippen LogP contribution in [0.2, 0.25) is 0 Å². The Bertz CT molecular complexity index is 1040. The van der Waals surface area contributed by atoms with Gasteiger partial charge in [0, 0.05) is 34.4 Å². The number of aromatic nitrogens is 2. The minimum atomic E-state index is 0. The van der Waals surface area contributed by atoms with Crippen LogP contribution in [0.1, 0.15) is 45.6 Å². The lowest BCUT2D eigenvalue weighted by atomic mass is 9.91. The number of piperidine rings is 1. The average molecular weight is 435 g/mol. The molecule has 2 atom stereocenters. The molecule has 0 radical (unpaired) electrons. The van der Waals surface area contributed by atoms with Gasteiger partial charge in [-0.2, -0.15) is 0 Å². The van der Waals surface area contributed by atoms with Crippen molar-refractivity contribution in [1.29, 1.82) is 0 Å². The molecule has 0 aromatic carbocycles. The van der Waals surface area contributed by atoms with Crippen LogP contribution in [-0.2, 0) is 0 Å². The summed E-state index contributed by atoms with van der Waals surface area (Å²) in [5.41, 5.74) is 9.64. The molecule has 1 fully saturated rings. The third-order valence-electron chi connectivity index (χ3n) is 5.65. The molecule has 8 heteroatoms. The van der Waals surface area contributed by atoms with Gasteiger partial charge in [-0.1, -0.05) is 5.16 Å². The number of carbonyl (C=O) groups is 1. The molecule has 29 heavy (non-hydrogen) atoms. The van der Waals surface area contributed by atoms with Crippen molar-refractivity contribution in [1.82, 2.24) is 15.0 Å². The van der Waals surface area contributed by atoms with Gasteiger partial charge < -0.3 is 15.2 Å². The van der Waals surface area contributed by atoms with Crippen LogP contribution in [0.3, 0.4) is 0 Å². The standard InChI is InChI=1S/C21H26N4O2S.ClH/c1-11-8-16(14(4)28-11)18-9-17(19-13(3)24-27-20(19)23-18)21(26)25-7-5-6-15(10-25)12(2)22;/h8-9,12,15H,5-7,10,22H2,1-4H3;1H. The Labute approximate surface area is 180 Å². The van der Waals surface area contributed by atoms with E-state index in [-0.39, 0.29) is 24.4 Å². The second-order valence-corrected chi connectivity index (χ2v) is 9.30. The normalized spacial score (nSPS) is 18.0. The van der Waals surface area contributed by atoms with Gasteiger partial charge in [0.25, 0.3) is 11.6 Å². The Morgan fingerprint density at radius 3 is 2.76 bits per heavy atom. The maximum atomic E-state index is 13.5. The van der Waals surface area contributed by atoms with Crippen LogP contribution in [0.4, 0.5) is 0 Å². The number of carbonyl (C=O) groups excluding carboxylic acids is 1. The van der Waals surface area contributed by atoms with Gasteiger partial charge in [-0.15, -0.1) is 23.7 Å². The highest BCUT2D eigenvalue weighted by Gasteiger charge is 2.29. The van der Waals surface area contributed by atoms with Crippen LogP contribution in [0.25, 0.3) is 22.4 Å². The van der Waals surface area contributed by atoms with E-state index in [4.69, 9.17) is 10.3 Å². The number of hydrogen-bond acceptors (Lipinski definition) is 6. The van der Waals surface area contributed by atoms with E-state index in [0.29, 0.717) is 34.8 Å². The first kappa shape index (κ1) is 21.7. The lowest BCUT2D eigenvalue weighted by Crippen LogP contribution is -2.45. The van der Waals surface area contributed by atoms with Crippen molar-refractivity contribution in [2.75, 3.05) is 13.1 Å². The molecule has 3 aromatic heterocycles. The van der Waals surface area contributed by atoms with E-state index in [1.165, 1.54) is 9.75 Å². The maximum Gasteiger partial charge on any atom is 0.259 e. The van der Waals surface area contributed by atoms with Crippen molar-refractivity contribution in [2.24, 2.45) is 11.7 Å². The van der Waals surface area contributed by atoms with Crippen LogP contribution in [0, 0.1) is 26.7 Å². The van der Waals surface area contributed by atoms with Crippen molar-refractivity contribution >= 4 is 40.8 Å². The van der Waals surface area contributed by atoms with Gasteiger partial charge in [0.2, 0.25) is 0 Å². The molecule has 1 saturated heterocycles. The summed E-state index contributed by atoms with van der Waals surface area (Å²) in [5.74, 6) is 0.342. The Hall–Kier alpha value is -1.96. The van der Waals surface area contributed by atoms with Gasteiger partial charge in [0.05, 0.1) is 22.3 Å². The Balaban J connectivity index is 0.00000240. The molecule has 0 spiro atoms. The zero-order valence-corrected chi connectivity index (χ0v) is 18.8. The highest BCUT2D eigenvalue weighted by Crippen LogP contribution is 2.33. The number of pyridine rings is 1. The minimum Gasteiger partial charge on any atom is -0.338 e. The summed E-state index contributed by atoms with van der Waals surface area (Å²) >= 11 is 1.72. The fraction of sp³-hybridized carbons (Fsp3) is 0.476. The average Bonchev–Trinajstić information content (AvgIpc) is 3.22. The van der Waals surface area contributed by atoms with Gasteiger partial charge in [0.1, 0.15) is 0 Å². The smallest absolute Gasteiger partial charge is 0.259 e. The molecule has 4 rings (SSSR count). The van der Waals surface area contributed by atoms with E-state index in [9.17, 15) is 4.79 Å². The largest absolute Gasteiger partial charge is 0.338 e. The molecular formula is C21H27ClN4O2S. The zero-order chi connectivity index (χ0) is 20.0. The number of hydrogen-bond donors (Lipinski definition) is 1. The lowest BCUT2D eigenvalue weighted by molar-refractivity contribution is 0.0663. The number of nitrogens with zero attached hydrogens (tertiary/aromatic N) is 3. The highest BCUT2D eigenvalue weighted by molar-refractivity contribution is 7.12. The van der Waals surface area contributed by atoms with Crippen LogP contribution in [0.15, 0.2) is 16.7 Å². The van der Waals surface area contributed by atoms with Crippen LogP contribution < -0.4 is 5.73 Å². The number of likely N-dealkylation sites (tertiary alicyclic amines) is 1. The molecule has 2 N–H and O–H groups in total. The summed E-state index contributed by atoms with van der Waals surface area (Å²) < 4.78 is 5.45. The van der Waals surface area contributed by atoms with E-state index in [1.807, 2.05) is 24.8 Å². The molecule has 1 aliphatic rings. The van der Waals surface area contributed by atoms with Crippen LogP contribution in [-0.4, -0.2) is 40.1 Å². The second kappa shape index (κ2) is 8.42. The van der Waals surface area contributed by atoms with E-state index in [1.54, 1.807) is 11.3 Å². The van der Waals surface area contributed by atoms with Gasteiger partial charge in [0.15, 0.2) is 0 Å². The summed E-state index contributed by atoms with van der Waals surface area (Å²) in [5, 5.41) is 4.77. The zero-order valence-electron chi connectivity index (χ0n) is 17.2. The van der Waals surface area contributed by atoms with Crippen molar-refractivity contribution < 1.29 is 9.32 Å². The van der Waals surface area contributed by atoms with E-state index >= 15 is 0 Å². The molecule has 1 aliphatic heterocycles. The van der Waals surface area contributed by atoms with Crippen molar-refractivity contribution in [2.45, 2.75) is 46.6 Å². The van der Waals surface area contributed by atoms with Crippen LogP contribution in [0.5, 0.6) is 0 Å². The number of nitrogens with two attached hydrogens (primary N) is 1. The quantitative estimate of drug-likeness (QED) is 0.656. The number of amides is 1. The van der Waals surface area contributed by atoms with Gasteiger partial charge >= 0.3 is 0 Å².